The van der Waals surface area contributed by atoms with Gasteiger partial charge in [0.2, 0.25) is 5.91 Å². The SMILES string of the molecule is Nc1cc(Cl)c(NC(=O)Cn2cccnc2=O)c(Cl)c1. The molecule has 1 amide bonds. The first-order valence-electron chi connectivity index (χ1n) is 5.53. The fraction of sp³-hybridized carbons (Fsp3) is 0.0833. The molecule has 1 aromatic carbocycles. The van der Waals surface area contributed by atoms with E-state index in [1.165, 1.54) is 24.5 Å². The number of anilines is 2. The normalized spacial score (nSPS) is 10.3. The highest BCUT2D eigenvalue weighted by atomic mass is 35.5. The van der Waals surface area contributed by atoms with E-state index < -0.39 is 11.6 Å². The summed E-state index contributed by atoms with van der Waals surface area (Å²) < 4.78 is 1.16. The second kappa shape index (κ2) is 5.94. The third kappa shape index (κ3) is 3.28. The highest BCUT2D eigenvalue weighted by molar-refractivity contribution is 6.40. The predicted octanol–water partition coefficient (Wildman–Crippen LogP) is 1.77. The molecule has 0 saturated heterocycles. The van der Waals surface area contributed by atoms with Crippen molar-refractivity contribution in [3.63, 3.8) is 0 Å². The Balaban J connectivity index is 2.17. The first kappa shape index (κ1) is 14.4. The van der Waals surface area contributed by atoms with Crippen molar-refractivity contribution >= 4 is 40.5 Å². The van der Waals surface area contributed by atoms with Crippen LogP contribution in [0.25, 0.3) is 0 Å². The summed E-state index contributed by atoms with van der Waals surface area (Å²) in [5.74, 6) is -0.450. The average molecular weight is 313 g/mol. The van der Waals surface area contributed by atoms with Gasteiger partial charge < -0.3 is 11.1 Å². The summed E-state index contributed by atoms with van der Waals surface area (Å²) in [6.45, 7) is -0.191. The van der Waals surface area contributed by atoms with Gasteiger partial charge in [0.15, 0.2) is 0 Å². The van der Waals surface area contributed by atoms with Gasteiger partial charge in [-0.1, -0.05) is 23.2 Å². The molecule has 1 heterocycles. The maximum Gasteiger partial charge on any atom is 0.347 e. The molecule has 0 radical (unpaired) electrons. The number of benzene rings is 1. The highest BCUT2D eigenvalue weighted by Crippen LogP contribution is 2.32. The van der Waals surface area contributed by atoms with Gasteiger partial charge in [0.1, 0.15) is 6.54 Å². The van der Waals surface area contributed by atoms with Crippen LogP contribution >= 0.6 is 23.2 Å². The third-order valence-electron chi connectivity index (χ3n) is 2.43. The van der Waals surface area contributed by atoms with Gasteiger partial charge in [-0.05, 0) is 18.2 Å². The molecule has 3 N–H and O–H groups in total. The highest BCUT2D eigenvalue weighted by Gasteiger charge is 2.11. The topological polar surface area (TPSA) is 90.0 Å². The molecule has 0 unspecified atom stereocenters. The van der Waals surface area contributed by atoms with Crippen LogP contribution in [0, 0.1) is 0 Å². The lowest BCUT2D eigenvalue weighted by Crippen LogP contribution is -2.28. The largest absolute Gasteiger partial charge is 0.399 e. The number of halogens is 2. The molecule has 0 aliphatic heterocycles. The quantitative estimate of drug-likeness (QED) is 0.845. The summed E-state index contributed by atoms with van der Waals surface area (Å²) in [4.78, 5) is 26.8. The number of hydrogen-bond acceptors (Lipinski definition) is 4. The van der Waals surface area contributed by atoms with Crippen LogP contribution < -0.4 is 16.7 Å². The third-order valence-corrected chi connectivity index (χ3v) is 3.02. The zero-order valence-electron chi connectivity index (χ0n) is 10.1. The molecular weight excluding hydrogens is 303 g/mol. The molecule has 6 nitrogen and oxygen atoms in total. The van der Waals surface area contributed by atoms with Crippen molar-refractivity contribution in [3.05, 3.63) is 51.1 Å². The van der Waals surface area contributed by atoms with Crippen LogP contribution in [-0.2, 0) is 11.3 Å². The molecule has 8 heteroatoms. The number of carbonyl (C=O) groups excluding carboxylic acids is 1. The van der Waals surface area contributed by atoms with Gasteiger partial charge in [0, 0.05) is 18.1 Å². The van der Waals surface area contributed by atoms with Crippen LogP contribution in [0.3, 0.4) is 0 Å². The van der Waals surface area contributed by atoms with E-state index in [1.54, 1.807) is 6.07 Å². The van der Waals surface area contributed by atoms with Crippen LogP contribution in [0.15, 0.2) is 35.4 Å². The molecule has 0 bridgehead atoms. The number of nitrogens with zero attached hydrogens (tertiary/aromatic N) is 2. The van der Waals surface area contributed by atoms with E-state index in [-0.39, 0.29) is 22.3 Å². The summed E-state index contributed by atoms with van der Waals surface area (Å²) >= 11 is 11.9. The number of aromatic nitrogens is 2. The van der Waals surface area contributed by atoms with Gasteiger partial charge in [-0.15, -0.1) is 0 Å². The smallest absolute Gasteiger partial charge is 0.347 e. The lowest BCUT2D eigenvalue weighted by atomic mass is 10.3. The Morgan fingerprint density at radius 2 is 2.00 bits per heavy atom. The molecule has 0 atom stereocenters. The molecule has 104 valence electrons. The number of hydrogen-bond donors (Lipinski definition) is 2. The Labute approximate surface area is 124 Å². The number of nitrogens with two attached hydrogens (primary N) is 1. The standard InChI is InChI=1S/C12H10Cl2N4O2/c13-8-4-7(15)5-9(14)11(8)17-10(19)6-18-3-1-2-16-12(18)20/h1-5H,6,15H2,(H,17,19). The Hall–Kier alpha value is -2.05. The van der Waals surface area contributed by atoms with Crippen molar-refractivity contribution in [1.82, 2.24) is 9.55 Å². The van der Waals surface area contributed by atoms with Crippen LogP contribution in [-0.4, -0.2) is 15.5 Å². The summed E-state index contributed by atoms with van der Waals surface area (Å²) in [6.07, 6.45) is 2.81. The first-order chi connectivity index (χ1) is 9.47. The van der Waals surface area contributed by atoms with Crippen LogP contribution in [0.2, 0.25) is 10.0 Å². The summed E-state index contributed by atoms with van der Waals surface area (Å²) in [7, 11) is 0. The lowest BCUT2D eigenvalue weighted by molar-refractivity contribution is -0.116. The molecular formula is C12H10Cl2N4O2. The second-order valence-electron chi connectivity index (χ2n) is 3.94. The minimum absolute atomic E-state index is 0.191. The predicted molar refractivity (Wildman–Crippen MR) is 78.0 cm³/mol. The van der Waals surface area contributed by atoms with Gasteiger partial charge in [-0.3, -0.25) is 9.36 Å². The van der Waals surface area contributed by atoms with Crippen LogP contribution in [0.1, 0.15) is 0 Å². The summed E-state index contributed by atoms with van der Waals surface area (Å²) in [5, 5.41) is 2.98. The van der Waals surface area contributed by atoms with Gasteiger partial charge in [0.25, 0.3) is 0 Å². The molecule has 20 heavy (non-hydrogen) atoms. The van der Waals surface area contributed by atoms with Crippen molar-refractivity contribution < 1.29 is 4.79 Å². The van der Waals surface area contributed by atoms with Crippen molar-refractivity contribution in [2.75, 3.05) is 11.1 Å². The number of nitrogen functional groups attached to an aromatic ring is 1. The van der Waals surface area contributed by atoms with Gasteiger partial charge in [0.05, 0.1) is 15.7 Å². The van der Waals surface area contributed by atoms with E-state index in [0.717, 1.165) is 4.57 Å². The van der Waals surface area contributed by atoms with Crippen molar-refractivity contribution in [2.45, 2.75) is 6.54 Å². The minimum atomic E-state index is -0.517. The Morgan fingerprint density at radius 1 is 1.35 bits per heavy atom. The Morgan fingerprint density at radius 3 is 2.60 bits per heavy atom. The zero-order chi connectivity index (χ0) is 14.7. The maximum atomic E-state index is 11.9. The molecule has 0 spiro atoms. The fourth-order valence-electron chi connectivity index (χ4n) is 1.55. The lowest BCUT2D eigenvalue weighted by Gasteiger charge is -2.10. The molecule has 0 fully saturated rings. The fourth-order valence-corrected chi connectivity index (χ4v) is 2.15. The molecule has 0 aliphatic rings. The molecule has 2 aromatic rings. The molecule has 1 aromatic heterocycles. The van der Waals surface area contributed by atoms with E-state index in [9.17, 15) is 9.59 Å². The molecule has 2 rings (SSSR count). The molecule has 0 aliphatic carbocycles. The Bertz CT molecular complexity index is 692. The number of rotatable bonds is 3. The van der Waals surface area contributed by atoms with Gasteiger partial charge in [-0.2, -0.15) is 0 Å². The van der Waals surface area contributed by atoms with E-state index >= 15 is 0 Å². The van der Waals surface area contributed by atoms with Crippen molar-refractivity contribution in [1.29, 1.82) is 0 Å². The van der Waals surface area contributed by atoms with Crippen LogP contribution in [0.5, 0.6) is 0 Å². The van der Waals surface area contributed by atoms with Crippen molar-refractivity contribution in [2.24, 2.45) is 0 Å². The number of carbonyl (C=O) groups is 1. The number of amides is 1. The second-order valence-corrected chi connectivity index (χ2v) is 4.75. The van der Waals surface area contributed by atoms with E-state index in [2.05, 4.69) is 10.3 Å². The van der Waals surface area contributed by atoms with E-state index in [4.69, 9.17) is 28.9 Å². The Kier molecular flexibility index (Phi) is 4.26. The van der Waals surface area contributed by atoms with E-state index in [1.807, 2.05) is 0 Å². The monoisotopic (exact) mass is 312 g/mol. The molecule has 0 saturated carbocycles. The average Bonchev–Trinajstić information content (AvgIpc) is 2.36. The van der Waals surface area contributed by atoms with Crippen LogP contribution in [0.4, 0.5) is 11.4 Å². The van der Waals surface area contributed by atoms with Gasteiger partial charge >= 0.3 is 5.69 Å². The van der Waals surface area contributed by atoms with Crippen molar-refractivity contribution in [3.8, 4) is 0 Å². The maximum absolute atomic E-state index is 11.9. The van der Waals surface area contributed by atoms with Gasteiger partial charge in [-0.25, -0.2) is 9.78 Å². The first-order valence-corrected chi connectivity index (χ1v) is 6.29. The van der Waals surface area contributed by atoms with E-state index in [0.29, 0.717) is 5.69 Å². The minimum Gasteiger partial charge on any atom is -0.399 e. The number of nitrogens with one attached hydrogen (secondary N) is 1. The summed E-state index contributed by atoms with van der Waals surface area (Å²) in [6, 6.07) is 4.50. The summed E-state index contributed by atoms with van der Waals surface area (Å²) in [5.41, 5.74) is 5.70. The zero-order valence-corrected chi connectivity index (χ0v) is 11.6.